The molecule has 0 aromatic carbocycles. The Morgan fingerprint density at radius 2 is 0.743 bits per heavy atom. The number of sulfone groups is 4. The maximum atomic E-state index is 14.1. The Morgan fingerprint density at radius 1 is 0.486 bits per heavy atom. The van der Waals surface area contributed by atoms with E-state index in [0.29, 0.717) is 0 Å². The molecule has 0 aliphatic carbocycles. The minimum absolute atomic E-state index is 0.0254. The van der Waals surface area contributed by atoms with Crippen molar-refractivity contribution in [1.82, 2.24) is 0 Å². The summed E-state index contributed by atoms with van der Waals surface area (Å²) in [6, 6.07) is 0.0509. The Hall–Kier alpha value is -2.06. The van der Waals surface area contributed by atoms with Gasteiger partial charge in [-0.2, -0.15) is 63.2 Å². The molecule has 0 unspecified atom stereocenters. The fourth-order valence-electron chi connectivity index (χ4n) is 1.68. The highest BCUT2D eigenvalue weighted by atomic mass is 32.3. The second-order valence-electron chi connectivity index (χ2n) is 5.61. The standard InChI is InChI=1S/C9H2F12N2O8S4/c10-5(11,6(12,13)32(24,25)3(1-22)2-23)7(14,15)33(26,27)4(34(28,29)8(16,17)18)35(30,31)9(19,20)21/h3-4H. The third-order valence-electron chi connectivity index (χ3n) is 3.40. The van der Waals surface area contributed by atoms with Crippen LogP contribution in [0.2, 0.25) is 0 Å². The normalized spacial score (nSPS) is 15.7. The summed E-state index contributed by atoms with van der Waals surface area (Å²) in [6.07, 6.45) is 0. The molecule has 10 nitrogen and oxygen atoms in total. The van der Waals surface area contributed by atoms with Gasteiger partial charge < -0.3 is 0 Å². The smallest absolute Gasteiger partial charge is 0.220 e. The second-order valence-corrected chi connectivity index (χ2v) is 14.7. The number of hydrogen-bond acceptors (Lipinski definition) is 10. The number of hydrogen-bond donors (Lipinski definition) is 0. The predicted octanol–water partition coefficient (Wildman–Crippen LogP) is 1.21. The predicted molar refractivity (Wildman–Crippen MR) is 81.4 cm³/mol. The Balaban J connectivity index is 7.77. The van der Waals surface area contributed by atoms with Crippen LogP contribution < -0.4 is 0 Å². The Kier molecular flexibility index (Phi) is 8.01. The average Bonchev–Trinajstić information content (AvgIpc) is 2.59. The van der Waals surface area contributed by atoms with E-state index in [9.17, 15) is 86.4 Å². The number of alkyl halides is 12. The van der Waals surface area contributed by atoms with Gasteiger partial charge in [-0.05, 0) is 0 Å². The van der Waals surface area contributed by atoms with Gasteiger partial charge in [-0.3, -0.25) is 0 Å². The Morgan fingerprint density at radius 3 is 0.971 bits per heavy atom. The highest BCUT2D eigenvalue weighted by Gasteiger charge is 2.86. The summed E-state index contributed by atoms with van der Waals surface area (Å²) in [5.41, 5.74) is -15.1. The van der Waals surface area contributed by atoms with Crippen LogP contribution in [0.15, 0.2) is 0 Å². The van der Waals surface area contributed by atoms with Crippen LogP contribution in [-0.2, 0) is 39.3 Å². The molecule has 0 saturated heterocycles. The van der Waals surface area contributed by atoms with Gasteiger partial charge in [-0.15, -0.1) is 0 Å². The quantitative estimate of drug-likeness (QED) is 0.357. The van der Waals surface area contributed by atoms with Crippen LogP contribution >= 0.6 is 0 Å². The molecule has 0 atom stereocenters. The molecule has 0 radical (unpaired) electrons. The van der Waals surface area contributed by atoms with Crippen molar-refractivity contribution >= 4 is 39.3 Å². The maximum absolute atomic E-state index is 14.1. The van der Waals surface area contributed by atoms with Crippen LogP contribution in [0.4, 0.5) is 52.7 Å². The van der Waals surface area contributed by atoms with Crippen molar-refractivity contribution in [3.05, 3.63) is 0 Å². The molecule has 0 aromatic rings. The number of nitriles is 2. The van der Waals surface area contributed by atoms with Crippen molar-refractivity contribution in [2.45, 2.75) is 36.6 Å². The molecule has 204 valence electrons. The zero-order valence-electron chi connectivity index (χ0n) is 15.0. The van der Waals surface area contributed by atoms with E-state index in [1.165, 1.54) is 0 Å². The molecule has 0 heterocycles. The lowest BCUT2D eigenvalue weighted by Crippen LogP contribution is -2.65. The molecule has 0 bridgehead atoms. The summed E-state index contributed by atoms with van der Waals surface area (Å²) in [7, 11) is -34.3. The average molecular weight is 622 g/mol. The van der Waals surface area contributed by atoms with Gasteiger partial charge in [0.15, 0.2) is 0 Å². The summed E-state index contributed by atoms with van der Waals surface area (Å²) in [4.78, 5) is 0. The fraction of sp³-hybridized carbons (Fsp3) is 0.778. The second kappa shape index (κ2) is 8.51. The molecule has 0 spiro atoms. The van der Waals surface area contributed by atoms with Gasteiger partial charge >= 0.3 is 27.4 Å². The third kappa shape index (κ3) is 4.48. The third-order valence-corrected chi connectivity index (χ3v) is 13.5. The van der Waals surface area contributed by atoms with Gasteiger partial charge in [-0.25, -0.2) is 33.7 Å². The lowest BCUT2D eigenvalue weighted by atomic mass is 10.3. The number of nitrogens with zero attached hydrogens (tertiary/aromatic N) is 2. The van der Waals surface area contributed by atoms with Crippen LogP contribution in [0.3, 0.4) is 0 Å². The topological polar surface area (TPSA) is 184 Å². The zero-order chi connectivity index (χ0) is 29.1. The van der Waals surface area contributed by atoms with E-state index in [1.54, 1.807) is 0 Å². The summed E-state index contributed by atoms with van der Waals surface area (Å²) in [5.74, 6) is -8.30. The lowest BCUT2D eigenvalue weighted by molar-refractivity contribution is -0.243. The zero-order valence-corrected chi connectivity index (χ0v) is 18.2. The largest absolute Gasteiger partial charge is 0.499 e. The Bertz CT molecular complexity index is 1320. The van der Waals surface area contributed by atoms with Gasteiger partial charge in [0.05, 0.1) is 12.1 Å². The van der Waals surface area contributed by atoms with Crippen molar-refractivity contribution in [3.8, 4) is 12.1 Å². The highest BCUT2D eigenvalue weighted by molar-refractivity contribution is 8.25. The van der Waals surface area contributed by atoms with Crippen LogP contribution in [0.1, 0.15) is 0 Å². The molecule has 0 aromatic heterocycles. The monoisotopic (exact) mass is 622 g/mol. The van der Waals surface area contributed by atoms with Crippen molar-refractivity contribution in [2.24, 2.45) is 0 Å². The van der Waals surface area contributed by atoms with Crippen LogP contribution in [0.5, 0.6) is 0 Å². The first-order valence-corrected chi connectivity index (χ1v) is 13.1. The van der Waals surface area contributed by atoms with E-state index in [1.807, 2.05) is 0 Å². The Labute approximate surface area is 185 Å². The van der Waals surface area contributed by atoms with E-state index in [0.717, 1.165) is 0 Å². The van der Waals surface area contributed by atoms with Crippen molar-refractivity contribution in [3.63, 3.8) is 0 Å². The van der Waals surface area contributed by atoms with Crippen molar-refractivity contribution in [1.29, 1.82) is 10.5 Å². The first-order chi connectivity index (χ1) is 14.9. The van der Waals surface area contributed by atoms with Gasteiger partial charge in [0.1, 0.15) is 0 Å². The molecule has 0 amide bonds. The minimum Gasteiger partial charge on any atom is -0.220 e. The van der Waals surface area contributed by atoms with Crippen LogP contribution in [0, 0.1) is 22.7 Å². The van der Waals surface area contributed by atoms with E-state index in [2.05, 4.69) is 0 Å². The van der Waals surface area contributed by atoms with Gasteiger partial charge in [0.2, 0.25) is 5.25 Å². The van der Waals surface area contributed by atoms with Gasteiger partial charge in [0.25, 0.3) is 43.3 Å². The van der Waals surface area contributed by atoms with E-state index in [-0.39, 0.29) is 12.1 Å². The molecular formula is C9H2F12N2O8S4. The van der Waals surface area contributed by atoms with E-state index in [4.69, 9.17) is 10.5 Å². The van der Waals surface area contributed by atoms with Gasteiger partial charge in [-0.1, -0.05) is 0 Å². The molecule has 0 aliphatic rings. The molecular weight excluding hydrogens is 620 g/mol. The molecule has 0 aliphatic heterocycles. The fourth-order valence-corrected chi connectivity index (χ4v) is 10.0. The maximum Gasteiger partial charge on any atom is 0.499 e. The minimum atomic E-state index is -9.23. The van der Waals surface area contributed by atoms with E-state index >= 15 is 0 Å². The molecule has 0 N–H and O–H groups in total. The number of rotatable bonds is 8. The highest BCUT2D eigenvalue weighted by Crippen LogP contribution is 2.54. The summed E-state index contributed by atoms with van der Waals surface area (Å²) >= 11 is 0. The molecule has 0 rings (SSSR count). The summed E-state index contributed by atoms with van der Waals surface area (Å²) in [6.45, 7) is 0. The molecule has 35 heavy (non-hydrogen) atoms. The summed E-state index contributed by atoms with van der Waals surface area (Å²) in [5, 5.41) is -3.78. The van der Waals surface area contributed by atoms with E-state index < -0.39 is 76.0 Å². The number of halogens is 12. The molecule has 0 fully saturated rings. The van der Waals surface area contributed by atoms with Crippen molar-refractivity contribution < 1.29 is 86.4 Å². The van der Waals surface area contributed by atoms with Gasteiger partial charge in [0, 0.05) is 0 Å². The summed E-state index contributed by atoms with van der Waals surface area (Å²) < 4.78 is 243. The lowest BCUT2D eigenvalue weighted by Gasteiger charge is -2.33. The first-order valence-electron chi connectivity index (χ1n) is 6.88. The first kappa shape index (κ1) is 32.9. The SMILES string of the molecule is N#CC(C#N)S(=O)(=O)C(F)(F)C(F)(F)C(F)(F)S(=O)(=O)C(S(=O)(=O)C(F)(F)F)S(=O)(=O)C(F)(F)F. The van der Waals surface area contributed by atoms with Crippen LogP contribution in [-0.4, -0.2) is 70.3 Å². The molecule has 26 heteroatoms. The molecule has 0 saturated carbocycles. The van der Waals surface area contributed by atoms with Crippen LogP contribution in [0.25, 0.3) is 0 Å². The van der Waals surface area contributed by atoms with Crippen molar-refractivity contribution in [2.75, 3.05) is 0 Å².